The first-order valence-corrected chi connectivity index (χ1v) is 9.30. The van der Waals surface area contributed by atoms with Crippen molar-refractivity contribution in [2.45, 2.75) is 65.3 Å². The number of benzene rings is 1. The summed E-state index contributed by atoms with van der Waals surface area (Å²) in [7, 11) is 0. The van der Waals surface area contributed by atoms with Crippen molar-refractivity contribution in [2.75, 3.05) is 0 Å². The number of halogens is 1. The molecule has 0 aliphatic heterocycles. The summed E-state index contributed by atoms with van der Waals surface area (Å²) >= 11 is 0. The lowest BCUT2D eigenvalue weighted by molar-refractivity contribution is 0.0147. The van der Waals surface area contributed by atoms with Gasteiger partial charge < -0.3 is 9.84 Å². The van der Waals surface area contributed by atoms with E-state index in [0.717, 1.165) is 0 Å². The molecule has 0 aliphatic carbocycles. The molecule has 0 aliphatic rings. The monoisotopic (exact) mass is 388 g/mol. The summed E-state index contributed by atoms with van der Waals surface area (Å²) in [5, 5.41) is 10.1. The summed E-state index contributed by atoms with van der Waals surface area (Å²) in [5.74, 6) is -0.381. The van der Waals surface area contributed by atoms with Crippen LogP contribution in [0.25, 0.3) is 0 Å². The number of nitrogens with zero attached hydrogens (tertiary/aromatic N) is 2. The van der Waals surface area contributed by atoms with Gasteiger partial charge in [0.2, 0.25) is 0 Å². The van der Waals surface area contributed by atoms with E-state index in [-0.39, 0.29) is 12.4 Å². The number of amides is 1. The maximum atomic E-state index is 14.3. The summed E-state index contributed by atoms with van der Waals surface area (Å²) in [4.78, 5) is 18.6. The van der Waals surface area contributed by atoms with Gasteiger partial charge in [-0.3, -0.25) is 9.88 Å². The molecule has 2 rings (SSSR count). The number of ether oxygens (including phenoxy) is 1. The van der Waals surface area contributed by atoms with Gasteiger partial charge in [-0.15, -0.1) is 0 Å². The third-order valence-corrected chi connectivity index (χ3v) is 4.31. The van der Waals surface area contributed by atoms with Crippen LogP contribution in [0.3, 0.4) is 0 Å². The molecular formula is C22H29FN2O3. The van der Waals surface area contributed by atoms with E-state index in [9.17, 15) is 14.3 Å². The first-order chi connectivity index (χ1) is 12.9. The lowest BCUT2D eigenvalue weighted by Gasteiger charge is -2.32. The highest BCUT2D eigenvalue weighted by molar-refractivity contribution is 5.69. The Bertz CT molecular complexity index is 808. The summed E-state index contributed by atoms with van der Waals surface area (Å²) in [6.45, 7) is 10.6. The average molecular weight is 388 g/mol. The fraction of sp³-hybridized carbons (Fsp3) is 0.455. The second kappa shape index (κ2) is 8.27. The third-order valence-electron chi connectivity index (χ3n) is 4.31. The van der Waals surface area contributed by atoms with Gasteiger partial charge in [-0.2, -0.15) is 0 Å². The van der Waals surface area contributed by atoms with E-state index < -0.39 is 23.3 Å². The maximum absolute atomic E-state index is 14.3. The Morgan fingerprint density at radius 2 is 1.82 bits per heavy atom. The summed E-state index contributed by atoms with van der Waals surface area (Å²) in [6.07, 6.45) is 1.03. The lowest BCUT2D eigenvalue weighted by Crippen LogP contribution is -2.38. The Hall–Kier alpha value is -2.47. The average Bonchev–Trinajstić information content (AvgIpc) is 2.57. The second-order valence-corrected chi connectivity index (χ2v) is 8.40. The Morgan fingerprint density at radius 3 is 2.32 bits per heavy atom. The van der Waals surface area contributed by atoms with Gasteiger partial charge >= 0.3 is 6.09 Å². The number of aromatic nitrogens is 1. The Labute approximate surface area is 166 Å². The molecule has 0 bridgehead atoms. The van der Waals surface area contributed by atoms with Crippen LogP contribution in [-0.2, 0) is 16.9 Å². The standard InChI is InChI=1S/C22H29FN2O3/c1-15(18-9-7-8-10-19(18)23)25(20(26)28-21(2,3)4)14-17-12-11-16(13-24-17)22(5,6)27/h7-13,15,27H,14H2,1-6H3/t15-/m1/s1. The smallest absolute Gasteiger partial charge is 0.411 e. The molecule has 1 aromatic carbocycles. The molecule has 6 heteroatoms. The van der Waals surface area contributed by atoms with Crippen molar-refractivity contribution >= 4 is 6.09 Å². The van der Waals surface area contributed by atoms with Crippen molar-refractivity contribution in [3.63, 3.8) is 0 Å². The van der Waals surface area contributed by atoms with E-state index in [0.29, 0.717) is 16.8 Å². The first kappa shape index (κ1) is 21.8. The predicted octanol–water partition coefficient (Wildman–Crippen LogP) is 4.95. The van der Waals surface area contributed by atoms with Crippen LogP contribution < -0.4 is 0 Å². The van der Waals surface area contributed by atoms with Crippen molar-refractivity contribution in [2.24, 2.45) is 0 Å². The molecule has 0 spiro atoms. The highest BCUT2D eigenvalue weighted by atomic mass is 19.1. The third kappa shape index (κ3) is 5.76. The number of pyridine rings is 1. The van der Waals surface area contributed by atoms with E-state index in [2.05, 4.69) is 4.98 Å². The zero-order valence-corrected chi connectivity index (χ0v) is 17.4. The molecule has 1 N–H and O–H groups in total. The van der Waals surface area contributed by atoms with Crippen LogP contribution in [0.5, 0.6) is 0 Å². The van der Waals surface area contributed by atoms with Crippen LogP contribution >= 0.6 is 0 Å². The number of aliphatic hydroxyl groups is 1. The number of hydrogen-bond donors (Lipinski definition) is 1. The molecule has 152 valence electrons. The largest absolute Gasteiger partial charge is 0.444 e. The van der Waals surface area contributed by atoms with Crippen LogP contribution in [0, 0.1) is 5.82 Å². The fourth-order valence-corrected chi connectivity index (χ4v) is 2.72. The van der Waals surface area contributed by atoms with Gasteiger partial charge in [-0.25, -0.2) is 9.18 Å². The molecule has 1 heterocycles. The molecule has 0 radical (unpaired) electrons. The van der Waals surface area contributed by atoms with E-state index in [1.54, 1.807) is 78.1 Å². The molecule has 5 nitrogen and oxygen atoms in total. The van der Waals surface area contributed by atoms with Crippen LogP contribution in [-0.4, -0.2) is 26.7 Å². The molecule has 2 aromatic rings. The van der Waals surface area contributed by atoms with Gasteiger partial charge in [-0.05, 0) is 53.7 Å². The Kier molecular flexibility index (Phi) is 6.44. The molecule has 0 saturated carbocycles. The minimum absolute atomic E-state index is 0.149. The van der Waals surface area contributed by atoms with Gasteiger partial charge in [0.25, 0.3) is 0 Å². The van der Waals surface area contributed by atoms with Crippen molar-refractivity contribution in [1.29, 1.82) is 0 Å². The fourth-order valence-electron chi connectivity index (χ4n) is 2.72. The SMILES string of the molecule is C[C@H](c1ccccc1F)N(Cc1ccc(C(C)(C)O)cn1)C(=O)OC(C)(C)C. The molecule has 1 aromatic heterocycles. The molecule has 0 fully saturated rings. The van der Waals surface area contributed by atoms with Gasteiger partial charge in [0.15, 0.2) is 0 Å². The highest BCUT2D eigenvalue weighted by Crippen LogP contribution is 2.27. The molecule has 28 heavy (non-hydrogen) atoms. The van der Waals surface area contributed by atoms with Gasteiger partial charge in [-0.1, -0.05) is 24.3 Å². The molecular weight excluding hydrogens is 359 g/mol. The van der Waals surface area contributed by atoms with E-state index >= 15 is 0 Å². The predicted molar refractivity (Wildman–Crippen MR) is 106 cm³/mol. The summed E-state index contributed by atoms with van der Waals surface area (Å²) < 4.78 is 19.8. The quantitative estimate of drug-likeness (QED) is 0.787. The van der Waals surface area contributed by atoms with Gasteiger partial charge in [0.05, 0.1) is 23.9 Å². The van der Waals surface area contributed by atoms with Crippen LogP contribution in [0.2, 0.25) is 0 Å². The number of carbonyl (C=O) groups excluding carboxylic acids is 1. The van der Waals surface area contributed by atoms with Crippen molar-refractivity contribution < 1.29 is 19.0 Å². The van der Waals surface area contributed by atoms with Crippen molar-refractivity contribution in [3.05, 3.63) is 65.2 Å². The van der Waals surface area contributed by atoms with Crippen LogP contribution in [0.1, 0.15) is 64.4 Å². The van der Waals surface area contributed by atoms with E-state index in [1.807, 2.05) is 0 Å². The summed E-state index contributed by atoms with van der Waals surface area (Å²) in [6, 6.07) is 9.34. The normalized spacial score (nSPS) is 13.1. The van der Waals surface area contributed by atoms with Crippen molar-refractivity contribution in [3.8, 4) is 0 Å². The molecule has 0 unspecified atom stereocenters. The Balaban J connectivity index is 2.33. The number of hydrogen-bond acceptors (Lipinski definition) is 4. The minimum atomic E-state index is -1.00. The zero-order valence-electron chi connectivity index (χ0n) is 17.4. The maximum Gasteiger partial charge on any atom is 0.411 e. The van der Waals surface area contributed by atoms with Gasteiger partial charge in [0.1, 0.15) is 11.4 Å². The Morgan fingerprint density at radius 1 is 1.18 bits per heavy atom. The zero-order chi connectivity index (χ0) is 21.1. The first-order valence-electron chi connectivity index (χ1n) is 9.30. The summed E-state index contributed by atoms with van der Waals surface area (Å²) in [5.41, 5.74) is 0.00465. The van der Waals surface area contributed by atoms with E-state index in [1.165, 1.54) is 11.0 Å². The topological polar surface area (TPSA) is 62.7 Å². The van der Waals surface area contributed by atoms with Crippen LogP contribution in [0.4, 0.5) is 9.18 Å². The highest BCUT2D eigenvalue weighted by Gasteiger charge is 2.29. The van der Waals surface area contributed by atoms with Crippen LogP contribution in [0.15, 0.2) is 42.6 Å². The molecule has 1 atom stereocenters. The van der Waals surface area contributed by atoms with E-state index in [4.69, 9.17) is 4.74 Å². The molecule has 0 saturated heterocycles. The minimum Gasteiger partial charge on any atom is -0.444 e. The van der Waals surface area contributed by atoms with Gasteiger partial charge in [0, 0.05) is 17.3 Å². The number of rotatable bonds is 5. The lowest BCUT2D eigenvalue weighted by atomic mass is 10.0. The number of carbonyl (C=O) groups is 1. The van der Waals surface area contributed by atoms with Crippen molar-refractivity contribution in [1.82, 2.24) is 9.88 Å². The second-order valence-electron chi connectivity index (χ2n) is 8.40. The molecule has 1 amide bonds.